The van der Waals surface area contributed by atoms with Crippen LogP contribution < -0.4 is 5.32 Å². The molecule has 0 aromatic rings. The zero-order valence-corrected chi connectivity index (χ0v) is 7.75. The summed E-state index contributed by atoms with van der Waals surface area (Å²) in [6.07, 6.45) is 15.2. The van der Waals surface area contributed by atoms with Gasteiger partial charge in [-0.25, -0.2) is 0 Å². The molecule has 0 aromatic carbocycles. The van der Waals surface area contributed by atoms with Gasteiger partial charge in [-0.3, -0.25) is 4.42 Å². The van der Waals surface area contributed by atoms with E-state index in [0.717, 1.165) is 5.76 Å². The van der Waals surface area contributed by atoms with Crippen LogP contribution in [0.5, 0.6) is 0 Å². The Kier molecular flexibility index (Phi) is 2.80. The van der Waals surface area contributed by atoms with Crippen LogP contribution in [0.2, 0.25) is 0 Å². The minimum absolute atomic E-state index is 0.610. The molecule has 70 valence electrons. The van der Waals surface area contributed by atoms with Gasteiger partial charge >= 0.3 is 0 Å². The molecule has 0 spiro atoms. The number of carbonyl (C=O) groups excluding carboxylic acids is 1. The first-order chi connectivity index (χ1) is 6.45. The highest BCUT2D eigenvalue weighted by molar-refractivity contribution is 5.68. The first-order valence-electron chi connectivity index (χ1n) is 5.00. The molecule has 1 aliphatic heterocycles. The lowest BCUT2D eigenvalue weighted by Crippen LogP contribution is -2.27. The van der Waals surface area contributed by atoms with Crippen molar-refractivity contribution in [3.63, 3.8) is 0 Å². The largest absolute Gasteiger partial charge is 0.466 e. The average Bonchev–Trinajstić information content (AvgIpc) is 2.69. The Balaban J connectivity index is 1.80. The van der Waals surface area contributed by atoms with E-state index in [4.69, 9.17) is 4.42 Å². The normalized spacial score (nSPS) is 25.7. The molecular formula is C11H15NO. The van der Waals surface area contributed by atoms with E-state index in [1.54, 1.807) is 6.29 Å². The number of rotatable bonds is 2. The Morgan fingerprint density at radius 1 is 1.31 bits per heavy atom. The minimum atomic E-state index is 0.610. The minimum Gasteiger partial charge on any atom is -0.466 e. The number of aldehydes is 1. The predicted octanol–water partition coefficient (Wildman–Crippen LogP) is 1.86. The van der Waals surface area contributed by atoms with Crippen LogP contribution in [0.4, 0.5) is 0 Å². The highest BCUT2D eigenvalue weighted by Gasteiger charge is 2.10. The molecule has 2 aliphatic rings. The zero-order valence-electron chi connectivity index (χ0n) is 7.75. The van der Waals surface area contributed by atoms with Crippen molar-refractivity contribution >= 4 is 6.29 Å². The summed E-state index contributed by atoms with van der Waals surface area (Å²) in [5, 5.41) is 3.28. The maximum Gasteiger partial charge on any atom is 0.296 e. The van der Waals surface area contributed by atoms with Gasteiger partial charge in [-0.1, -0.05) is 31.5 Å². The lowest BCUT2D eigenvalue weighted by Gasteiger charge is -2.23. The van der Waals surface area contributed by atoms with E-state index in [0.29, 0.717) is 6.04 Å². The van der Waals surface area contributed by atoms with Gasteiger partial charge in [0.05, 0.1) is 0 Å². The van der Waals surface area contributed by atoms with Crippen molar-refractivity contribution in [3.8, 4) is 0 Å². The molecular weight excluding hydrogens is 162 g/mol. The summed E-state index contributed by atoms with van der Waals surface area (Å²) < 4.78 is 5.15. The van der Waals surface area contributed by atoms with Gasteiger partial charge in [-0.2, -0.15) is 0 Å². The van der Waals surface area contributed by atoms with E-state index in [9.17, 15) is 0 Å². The van der Waals surface area contributed by atoms with Crippen LogP contribution in [0.15, 0.2) is 17.9 Å². The Morgan fingerprint density at radius 2 is 2.15 bits per heavy atom. The molecule has 1 saturated carbocycles. The number of hydrogen-bond donors (Lipinski definition) is 1. The van der Waals surface area contributed by atoms with Crippen LogP contribution in [-0.2, 0) is 4.42 Å². The summed E-state index contributed by atoms with van der Waals surface area (Å²) in [6, 6.07) is 0.610. The fraction of sp³-hybridized carbons (Fsp3) is 0.545. The van der Waals surface area contributed by atoms with Gasteiger partial charge < -0.3 is 5.32 Å². The summed E-state index contributed by atoms with van der Waals surface area (Å²) >= 11 is 0. The molecule has 0 bridgehead atoms. The van der Waals surface area contributed by atoms with Crippen molar-refractivity contribution in [2.75, 3.05) is 0 Å². The van der Waals surface area contributed by atoms with Crippen molar-refractivity contribution in [2.45, 2.75) is 38.1 Å². The molecule has 13 heavy (non-hydrogen) atoms. The molecule has 1 fully saturated rings. The third kappa shape index (κ3) is 2.44. The van der Waals surface area contributed by atoms with Crippen molar-refractivity contribution < 1.29 is 4.42 Å². The molecule has 2 rings (SSSR count). The van der Waals surface area contributed by atoms with Crippen LogP contribution >= 0.6 is 0 Å². The molecule has 0 atom stereocenters. The van der Waals surface area contributed by atoms with E-state index < -0.39 is 0 Å². The topological polar surface area (TPSA) is 23.3 Å². The average molecular weight is 177 g/mol. The summed E-state index contributed by atoms with van der Waals surface area (Å²) in [4.78, 5) is 0. The van der Waals surface area contributed by atoms with Crippen LogP contribution in [0.1, 0.15) is 32.1 Å². The van der Waals surface area contributed by atoms with Crippen LogP contribution in [0.25, 0.3) is 0 Å². The third-order valence-corrected chi connectivity index (χ3v) is 2.53. The Bertz CT molecular complexity index is 233. The van der Waals surface area contributed by atoms with E-state index in [-0.39, 0.29) is 0 Å². The van der Waals surface area contributed by atoms with Gasteiger partial charge in [0, 0.05) is 6.04 Å². The summed E-state index contributed by atoms with van der Waals surface area (Å²) in [5.74, 6) is 0.797. The van der Waals surface area contributed by atoms with Crippen molar-refractivity contribution in [3.05, 3.63) is 24.1 Å². The second kappa shape index (κ2) is 4.26. The maximum absolute atomic E-state index is 5.15. The second-order valence-corrected chi connectivity index (χ2v) is 3.58. The number of nitrogens with one attached hydrogen (secondary N) is 1. The molecule has 1 heterocycles. The smallest absolute Gasteiger partial charge is 0.296 e. The Labute approximate surface area is 79.0 Å². The fourth-order valence-electron chi connectivity index (χ4n) is 1.77. The molecule has 0 amide bonds. The van der Waals surface area contributed by atoms with Crippen LogP contribution in [0, 0.1) is 6.20 Å². The molecule has 1 aliphatic carbocycles. The van der Waals surface area contributed by atoms with E-state index in [1.807, 2.05) is 12.2 Å². The first-order valence-corrected chi connectivity index (χ1v) is 5.00. The van der Waals surface area contributed by atoms with Gasteiger partial charge in [0.1, 0.15) is 0 Å². The molecule has 0 saturated heterocycles. The third-order valence-electron chi connectivity index (χ3n) is 2.53. The maximum atomic E-state index is 5.15. The van der Waals surface area contributed by atoms with E-state index in [1.165, 1.54) is 32.1 Å². The highest BCUT2D eigenvalue weighted by Crippen LogP contribution is 2.17. The number of hydrogen-bond acceptors (Lipinski definition) is 1. The van der Waals surface area contributed by atoms with E-state index in [2.05, 4.69) is 11.5 Å². The van der Waals surface area contributed by atoms with Gasteiger partial charge in [0.15, 0.2) is 0 Å². The predicted molar refractivity (Wildman–Crippen MR) is 52.0 cm³/mol. The van der Waals surface area contributed by atoms with Crippen molar-refractivity contribution in [1.29, 1.82) is 0 Å². The summed E-state index contributed by atoms with van der Waals surface area (Å²) in [6.45, 7) is 0. The SMILES string of the molecule is [C-](NC1CCCCC1)=C1C=CC=[O+]1. The fourth-order valence-corrected chi connectivity index (χ4v) is 1.77. The molecule has 0 aromatic heterocycles. The lowest BCUT2D eigenvalue weighted by atomic mass is 9.96. The van der Waals surface area contributed by atoms with Crippen molar-refractivity contribution in [1.82, 2.24) is 5.32 Å². The molecule has 2 nitrogen and oxygen atoms in total. The van der Waals surface area contributed by atoms with Gasteiger partial charge in [-0.15, -0.1) is 0 Å². The highest BCUT2D eigenvalue weighted by atomic mass is 16.4. The Hall–Kier alpha value is -1.05. The summed E-state index contributed by atoms with van der Waals surface area (Å²) in [5.41, 5.74) is 0. The van der Waals surface area contributed by atoms with Gasteiger partial charge in [-0.05, 0) is 18.9 Å². The number of allylic oxidation sites excluding steroid dienone is 2. The summed E-state index contributed by atoms with van der Waals surface area (Å²) in [7, 11) is 0. The second-order valence-electron chi connectivity index (χ2n) is 3.58. The monoisotopic (exact) mass is 177 g/mol. The molecule has 0 radical (unpaired) electrons. The molecule has 1 N–H and O–H groups in total. The van der Waals surface area contributed by atoms with Gasteiger partial charge in [0.25, 0.3) is 6.29 Å². The van der Waals surface area contributed by atoms with Gasteiger partial charge in [0.2, 0.25) is 5.76 Å². The van der Waals surface area contributed by atoms with Crippen molar-refractivity contribution in [2.24, 2.45) is 0 Å². The first kappa shape index (κ1) is 8.54. The quantitative estimate of drug-likeness (QED) is 0.296. The zero-order chi connectivity index (χ0) is 8.93. The molecule has 2 heteroatoms. The standard InChI is InChI=1S/C11H15NO/c1-2-5-10(6-3-1)12-9-11-7-4-8-13-11/h4,7-8,10,12H,1-3,5-6H2. The van der Waals surface area contributed by atoms with Crippen LogP contribution in [0.3, 0.4) is 0 Å². The van der Waals surface area contributed by atoms with Crippen LogP contribution in [-0.4, -0.2) is 12.3 Å². The Morgan fingerprint density at radius 3 is 2.85 bits per heavy atom. The van der Waals surface area contributed by atoms with E-state index >= 15 is 0 Å². The molecule has 0 unspecified atom stereocenters. The lowest BCUT2D eigenvalue weighted by molar-refractivity contribution is -0.382.